The first kappa shape index (κ1) is 17.0. The fourth-order valence-corrected chi connectivity index (χ4v) is 2.13. The smallest absolute Gasteiger partial charge is 0.251 e. The number of carbonyl (C=O) groups excluding carboxylic acids is 1. The minimum atomic E-state index is -0.161. The van der Waals surface area contributed by atoms with Crippen LogP contribution >= 0.6 is 0 Å². The summed E-state index contributed by atoms with van der Waals surface area (Å²) >= 11 is 0. The van der Waals surface area contributed by atoms with E-state index in [9.17, 15) is 4.79 Å². The Morgan fingerprint density at radius 1 is 1.22 bits per heavy atom. The normalized spacial score (nSPS) is 11.8. The predicted octanol–water partition coefficient (Wildman–Crippen LogP) is 2.93. The van der Waals surface area contributed by atoms with Gasteiger partial charge in [0.25, 0.3) is 5.91 Å². The molecule has 0 heterocycles. The van der Waals surface area contributed by atoms with E-state index in [-0.39, 0.29) is 18.4 Å². The van der Waals surface area contributed by atoms with Gasteiger partial charge in [-0.15, -0.1) is 0 Å². The lowest BCUT2D eigenvalue weighted by atomic mass is 10.1. The lowest BCUT2D eigenvalue weighted by molar-refractivity contribution is 0.0942. The first-order chi connectivity index (χ1) is 11.1. The molecule has 0 saturated heterocycles. The van der Waals surface area contributed by atoms with Gasteiger partial charge in [0.05, 0.1) is 0 Å². The van der Waals surface area contributed by atoms with Gasteiger partial charge in [0.1, 0.15) is 12.4 Å². The number of aliphatic hydroxyl groups excluding tert-OH is 1. The highest BCUT2D eigenvalue weighted by molar-refractivity contribution is 5.94. The Hall–Kier alpha value is -2.33. The molecule has 1 unspecified atom stereocenters. The minimum Gasteiger partial charge on any atom is -0.489 e. The molecule has 0 bridgehead atoms. The van der Waals surface area contributed by atoms with E-state index in [4.69, 9.17) is 9.84 Å². The molecule has 1 atom stereocenters. The van der Waals surface area contributed by atoms with Crippen LogP contribution in [0.1, 0.15) is 28.4 Å². The highest BCUT2D eigenvalue weighted by Crippen LogP contribution is 2.16. The second-order valence-corrected chi connectivity index (χ2v) is 5.80. The largest absolute Gasteiger partial charge is 0.489 e. The standard InChI is InChI=1S/C19H23NO3/c1-14-5-3-6-16(9-14)13-23-18-8-4-7-17(10-18)19(22)20-11-15(2)12-21/h3-10,15,21H,11-13H2,1-2H3,(H,20,22). The van der Waals surface area contributed by atoms with E-state index in [1.54, 1.807) is 18.2 Å². The monoisotopic (exact) mass is 313 g/mol. The second kappa shape index (κ2) is 8.34. The maximum Gasteiger partial charge on any atom is 0.251 e. The highest BCUT2D eigenvalue weighted by atomic mass is 16.5. The Labute approximate surface area is 137 Å². The molecule has 0 aromatic heterocycles. The van der Waals surface area contributed by atoms with Crippen LogP contribution in [0.15, 0.2) is 48.5 Å². The minimum absolute atomic E-state index is 0.0414. The third-order valence-corrected chi connectivity index (χ3v) is 3.51. The molecule has 2 aromatic rings. The topological polar surface area (TPSA) is 58.6 Å². The molecule has 0 saturated carbocycles. The summed E-state index contributed by atoms with van der Waals surface area (Å²) in [6.45, 7) is 4.89. The number of amides is 1. The Morgan fingerprint density at radius 3 is 2.74 bits per heavy atom. The third-order valence-electron chi connectivity index (χ3n) is 3.51. The Kier molecular flexibility index (Phi) is 6.18. The van der Waals surface area contributed by atoms with Gasteiger partial charge in [-0.1, -0.05) is 42.8 Å². The summed E-state index contributed by atoms with van der Waals surface area (Å²) < 4.78 is 5.76. The zero-order valence-corrected chi connectivity index (χ0v) is 13.6. The maximum atomic E-state index is 12.1. The van der Waals surface area contributed by atoms with Crippen LogP contribution in [0.4, 0.5) is 0 Å². The van der Waals surface area contributed by atoms with Crippen molar-refractivity contribution in [1.82, 2.24) is 5.32 Å². The van der Waals surface area contributed by atoms with Crippen molar-refractivity contribution in [2.45, 2.75) is 20.5 Å². The van der Waals surface area contributed by atoms with Crippen molar-refractivity contribution in [3.05, 3.63) is 65.2 Å². The summed E-state index contributed by atoms with van der Waals surface area (Å²) in [6, 6.07) is 15.3. The van der Waals surface area contributed by atoms with Crippen LogP contribution in [0.5, 0.6) is 5.75 Å². The van der Waals surface area contributed by atoms with Gasteiger partial charge in [-0.05, 0) is 36.6 Å². The van der Waals surface area contributed by atoms with Crippen LogP contribution in [0.2, 0.25) is 0 Å². The van der Waals surface area contributed by atoms with E-state index in [2.05, 4.69) is 11.4 Å². The van der Waals surface area contributed by atoms with Gasteiger partial charge in [0, 0.05) is 18.7 Å². The van der Waals surface area contributed by atoms with Gasteiger partial charge in [0.15, 0.2) is 0 Å². The van der Waals surface area contributed by atoms with Gasteiger partial charge in [-0.25, -0.2) is 0 Å². The number of hydrogen-bond acceptors (Lipinski definition) is 3. The SMILES string of the molecule is Cc1cccc(COc2cccc(C(=O)NCC(C)CO)c2)c1. The molecule has 0 aliphatic heterocycles. The average Bonchev–Trinajstić information content (AvgIpc) is 2.58. The summed E-state index contributed by atoms with van der Waals surface area (Å²) in [5.41, 5.74) is 2.84. The Morgan fingerprint density at radius 2 is 2.00 bits per heavy atom. The van der Waals surface area contributed by atoms with Crippen LogP contribution in [-0.4, -0.2) is 24.2 Å². The molecule has 0 aliphatic rings. The first-order valence-corrected chi connectivity index (χ1v) is 7.76. The number of nitrogens with one attached hydrogen (secondary N) is 1. The third kappa shape index (κ3) is 5.42. The zero-order chi connectivity index (χ0) is 16.7. The van der Waals surface area contributed by atoms with Crippen LogP contribution in [0, 0.1) is 12.8 Å². The van der Waals surface area contributed by atoms with Gasteiger partial charge in [-0.2, -0.15) is 0 Å². The fourth-order valence-electron chi connectivity index (χ4n) is 2.13. The molecule has 0 radical (unpaired) electrons. The summed E-state index contributed by atoms with van der Waals surface area (Å²) in [5.74, 6) is 0.542. The molecule has 0 aliphatic carbocycles. The van der Waals surface area contributed by atoms with Crippen LogP contribution in [0.3, 0.4) is 0 Å². The lowest BCUT2D eigenvalue weighted by Crippen LogP contribution is -2.29. The number of rotatable bonds is 7. The number of carbonyl (C=O) groups is 1. The molecule has 4 heteroatoms. The van der Waals surface area contributed by atoms with Gasteiger partial charge in [-0.3, -0.25) is 4.79 Å². The average molecular weight is 313 g/mol. The first-order valence-electron chi connectivity index (χ1n) is 7.76. The molecular formula is C19H23NO3. The number of ether oxygens (including phenoxy) is 1. The molecule has 1 amide bonds. The number of aryl methyl sites for hydroxylation is 1. The van der Waals surface area contributed by atoms with Gasteiger partial charge < -0.3 is 15.2 Å². The van der Waals surface area contributed by atoms with Gasteiger partial charge in [0.2, 0.25) is 0 Å². The fraction of sp³-hybridized carbons (Fsp3) is 0.316. The van der Waals surface area contributed by atoms with Gasteiger partial charge >= 0.3 is 0 Å². The van der Waals surface area contributed by atoms with Crippen LogP contribution in [0.25, 0.3) is 0 Å². The van der Waals surface area contributed by atoms with Crippen LogP contribution < -0.4 is 10.1 Å². The highest BCUT2D eigenvalue weighted by Gasteiger charge is 2.08. The van der Waals surface area contributed by atoms with Crippen molar-refractivity contribution in [2.24, 2.45) is 5.92 Å². The predicted molar refractivity (Wildman–Crippen MR) is 90.5 cm³/mol. The summed E-state index contributed by atoms with van der Waals surface area (Å²) in [6.07, 6.45) is 0. The molecule has 2 aromatic carbocycles. The molecule has 2 rings (SSSR count). The molecule has 23 heavy (non-hydrogen) atoms. The van der Waals surface area contributed by atoms with E-state index in [0.717, 1.165) is 5.56 Å². The lowest BCUT2D eigenvalue weighted by Gasteiger charge is -2.11. The molecule has 0 fully saturated rings. The van der Waals surface area contributed by atoms with Crippen molar-refractivity contribution < 1.29 is 14.6 Å². The quantitative estimate of drug-likeness (QED) is 0.826. The number of aliphatic hydroxyl groups is 1. The van der Waals surface area contributed by atoms with E-state index in [0.29, 0.717) is 24.5 Å². The van der Waals surface area contributed by atoms with Crippen molar-refractivity contribution in [3.8, 4) is 5.75 Å². The summed E-state index contributed by atoms with van der Waals surface area (Å²) in [5, 5.41) is 11.8. The number of hydrogen-bond donors (Lipinski definition) is 2. The maximum absolute atomic E-state index is 12.1. The zero-order valence-electron chi connectivity index (χ0n) is 13.6. The van der Waals surface area contributed by atoms with E-state index in [1.807, 2.05) is 38.1 Å². The van der Waals surface area contributed by atoms with E-state index >= 15 is 0 Å². The molecule has 122 valence electrons. The van der Waals surface area contributed by atoms with Crippen LogP contribution in [-0.2, 0) is 6.61 Å². The summed E-state index contributed by atoms with van der Waals surface area (Å²) in [7, 11) is 0. The second-order valence-electron chi connectivity index (χ2n) is 5.80. The van der Waals surface area contributed by atoms with Crippen molar-refractivity contribution in [1.29, 1.82) is 0 Å². The van der Waals surface area contributed by atoms with E-state index in [1.165, 1.54) is 5.56 Å². The number of benzene rings is 2. The van der Waals surface area contributed by atoms with Crippen molar-refractivity contribution in [3.63, 3.8) is 0 Å². The Bertz CT molecular complexity index is 655. The summed E-state index contributed by atoms with van der Waals surface area (Å²) in [4.78, 5) is 12.1. The van der Waals surface area contributed by atoms with Crippen molar-refractivity contribution in [2.75, 3.05) is 13.2 Å². The molecule has 4 nitrogen and oxygen atoms in total. The van der Waals surface area contributed by atoms with E-state index < -0.39 is 0 Å². The molecule has 2 N–H and O–H groups in total. The molecule has 0 spiro atoms. The Balaban J connectivity index is 1.95. The van der Waals surface area contributed by atoms with Crippen molar-refractivity contribution >= 4 is 5.91 Å². The molecular weight excluding hydrogens is 290 g/mol.